The van der Waals surface area contributed by atoms with Gasteiger partial charge in [-0.15, -0.1) is 0 Å². The van der Waals surface area contributed by atoms with Gasteiger partial charge in [0, 0.05) is 12.2 Å². The van der Waals surface area contributed by atoms with Gasteiger partial charge in [0.05, 0.1) is 11.7 Å². The highest BCUT2D eigenvalue weighted by Crippen LogP contribution is 2.28. The minimum absolute atomic E-state index is 0.228. The van der Waals surface area contributed by atoms with E-state index >= 15 is 0 Å². The van der Waals surface area contributed by atoms with Crippen LogP contribution in [0.2, 0.25) is 0 Å². The zero-order valence-electron chi connectivity index (χ0n) is 10.8. The van der Waals surface area contributed by atoms with Crippen molar-refractivity contribution < 1.29 is 0 Å². The van der Waals surface area contributed by atoms with Crippen LogP contribution in [-0.4, -0.2) is 16.8 Å². The van der Waals surface area contributed by atoms with Crippen molar-refractivity contribution in [1.29, 1.82) is 0 Å². The van der Waals surface area contributed by atoms with Gasteiger partial charge in [0.1, 0.15) is 0 Å². The molecule has 0 aliphatic heterocycles. The lowest BCUT2D eigenvalue weighted by molar-refractivity contribution is 0.484. The smallest absolute Gasteiger partial charge is 0.0756 e. The summed E-state index contributed by atoms with van der Waals surface area (Å²) in [6.45, 7) is 6.47. The molecule has 3 nitrogen and oxygen atoms in total. The van der Waals surface area contributed by atoms with Crippen molar-refractivity contribution >= 4 is 11.3 Å². The van der Waals surface area contributed by atoms with Crippen LogP contribution in [0.25, 0.3) is 0 Å². The summed E-state index contributed by atoms with van der Waals surface area (Å²) in [4.78, 5) is 0. The maximum absolute atomic E-state index is 4.40. The Bertz CT molecular complexity index is 484. The molecule has 1 N–H and O–H groups in total. The highest BCUT2D eigenvalue weighted by atomic mass is 32.1. The molecule has 0 radical (unpaired) electrons. The number of aryl methyl sites for hydroxylation is 1. The van der Waals surface area contributed by atoms with Crippen molar-refractivity contribution in [2.24, 2.45) is 0 Å². The Labute approximate surface area is 106 Å². The minimum Gasteiger partial charge on any atom is -0.308 e. The molecule has 1 atom stereocenters. The van der Waals surface area contributed by atoms with Crippen LogP contribution < -0.4 is 5.32 Å². The third kappa shape index (κ3) is 2.28. The average Bonchev–Trinajstić information content (AvgIpc) is 2.90. The second-order valence-electron chi connectivity index (χ2n) is 4.53. The third-order valence-electron chi connectivity index (χ3n) is 2.98. The maximum atomic E-state index is 4.40. The van der Waals surface area contributed by atoms with Crippen molar-refractivity contribution in [2.75, 3.05) is 7.05 Å². The van der Waals surface area contributed by atoms with Gasteiger partial charge in [0.25, 0.3) is 0 Å². The van der Waals surface area contributed by atoms with Crippen molar-refractivity contribution in [2.45, 2.75) is 32.9 Å². The summed E-state index contributed by atoms with van der Waals surface area (Å²) in [7, 11) is 2.00. The van der Waals surface area contributed by atoms with E-state index in [-0.39, 0.29) is 6.04 Å². The SMILES string of the molecule is CNC(c1cscc1C)c1ccnn1C(C)C. The fraction of sp³-hybridized carbons (Fsp3) is 0.462. The molecule has 0 aliphatic rings. The van der Waals surface area contributed by atoms with Gasteiger partial charge in [-0.3, -0.25) is 4.68 Å². The van der Waals surface area contributed by atoms with E-state index in [1.807, 2.05) is 13.2 Å². The lowest BCUT2D eigenvalue weighted by Gasteiger charge is -2.20. The molecular weight excluding hydrogens is 230 g/mol. The van der Waals surface area contributed by atoms with Gasteiger partial charge < -0.3 is 5.32 Å². The predicted octanol–water partition coefficient (Wildman–Crippen LogP) is 3.14. The van der Waals surface area contributed by atoms with Gasteiger partial charge in [-0.2, -0.15) is 16.4 Å². The van der Waals surface area contributed by atoms with E-state index in [1.54, 1.807) is 11.3 Å². The quantitative estimate of drug-likeness (QED) is 0.902. The molecule has 0 aromatic carbocycles. The van der Waals surface area contributed by atoms with Crippen LogP contribution in [0.15, 0.2) is 23.0 Å². The summed E-state index contributed by atoms with van der Waals surface area (Å²) in [5.74, 6) is 0. The Morgan fingerprint density at radius 3 is 2.65 bits per heavy atom. The van der Waals surface area contributed by atoms with Crippen molar-refractivity contribution in [3.05, 3.63) is 39.8 Å². The summed E-state index contributed by atoms with van der Waals surface area (Å²) in [5, 5.41) is 12.2. The van der Waals surface area contributed by atoms with Crippen LogP contribution in [-0.2, 0) is 0 Å². The van der Waals surface area contributed by atoms with Crippen LogP contribution in [0.5, 0.6) is 0 Å². The number of nitrogens with one attached hydrogen (secondary N) is 1. The molecule has 1 unspecified atom stereocenters. The largest absolute Gasteiger partial charge is 0.308 e. The van der Waals surface area contributed by atoms with E-state index in [9.17, 15) is 0 Å². The predicted molar refractivity (Wildman–Crippen MR) is 72.6 cm³/mol. The molecule has 0 saturated carbocycles. The van der Waals surface area contributed by atoms with Gasteiger partial charge in [-0.1, -0.05) is 0 Å². The molecule has 0 fully saturated rings. The molecule has 17 heavy (non-hydrogen) atoms. The number of rotatable bonds is 4. The molecule has 0 bridgehead atoms. The van der Waals surface area contributed by atoms with Crippen LogP contribution in [0, 0.1) is 6.92 Å². The van der Waals surface area contributed by atoms with Crippen LogP contribution in [0.3, 0.4) is 0 Å². The van der Waals surface area contributed by atoms with Gasteiger partial charge in [0.15, 0.2) is 0 Å². The molecular formula is C13H19N3S. The minimum atomic E-state index is 0.228. The second-order valence-corrected chi connectivity index (χ2v) is 5.27. The molecule has 92 valence electrons. The summed E-state index contributed by atoms with van der Waals surface area (Å²) >= 11 is 1.75. The average molecular weight is 249 g/mol. The van der Waals surface area contributed by atoms with Crippen molar-refractivity contribution in [3.8, 4) is 0 Å². The number of hydrogen-bond donors (Lipinski definition) is 1. The van der Waals surface area contributed by atoms with Crippen LogP contribution >= 0.6 is 11.3 Å². The Morgan fingerprint density at radius 1 is 1.35 bits per heavy atom. The van der Waals surface area contributed by atoms with Crippen molar-refractivity contribution in [1.82, 2.24) is 15.1 Å². The van der Waals surface area contributed by atoms with Crippen LogP contribution in [0.1, 0.15) is 42.8 Å². The van der Waals surface area contributed by atoms with Gasteiger partial charge in [0.2, 0.25) is 0 Å². The Kier molecular flexibility index (Phi) is 3.64. The highest BCUT2D eigenvalue weighted by molar-refractivity contribution is 7.08. The summed E-state index contributed by atoms with van der Waals surface area (Å²) in [5.41, 5.74) is 3.91. The molecule has 2 rings (SSSR count). The highest BCUT2D eigenvalue weighted by Gasteiger charge is 2.19. The summed E-state index contributed by atoms with van der Waals surface area (Å²) in [6, 6.07) is 2.71. The first-order valence-corrected chi connectivity index (χ1v) is 6.82. The van der Waals surface area contributed by atoms with E-state index in [4.69, 9.17) is 0 Å². The second kappa shape index (κ2) is 5.02. The molecule has 2 heterocycles. The fourth-order valence-electron chi connectivity index (χ4n) is 2.11. The van der Waals surface area contributed by atoms with E-state index in [0.717, 1.165) is 0 Å². The molecule has 0 saturated heterocycles. The standard InChI is InChI=1S/C13H19N3S/c1-9(2)16-12(5-6-15-16)13(14-4)11-8-17-7-10(11)3/h5-9,13-14H,1-4H3. The van der Waals surface area contributed by atoms with E-state index in [2.05, 4.69) is 52.7 Å². The molecule has 4 heteroatoms. The molecule has 0 spiro atoms. The molecule has 0 amide bonds. The third-order valence-corrected chi connectivity index (χ3v) is 3.86. The Balaban J connectivity index is 2.43. The number of aromatic nitrogens is 2. The maximum Gasteiger partial charge on any atom is 0.0756 e. The van der Waals surface area contributed by atoms with Gasteiger partial charge in [-0.05, 0) is 55.8 Å². The first kappa shape index (κ1) is 12.3. The Morgan fingerprint density at radius 2 is 2.12 bits per heavy atom. The first-order chi connectivity index (χ1) is 8.15. The lowest BCUT2D eigenvalue weighted by Crippen LogP contribution is -2.22. The number of nitrogens with zero attached hydrogens (tertiary/aromatic N) is 2. The molecule has 2 aromatic heterocycles. The molecule has 0 aliphatic carbocycles. The van der Waals surface area contributed by atoms with E-state index in [0.29, 0.717) is 6.04 Å². The summed E-state index contributed by atoms with van der Waals surface area (Å²) in [6.07, 6.45) is 1.88. The van der Waals surface area contributed by atoms with Crippen LogP contribution in [0.4, 0.5) is 0 Å². The van der Waals surface area contributed by atoms with E-state index < -0.39 is 0 Å². The monoisotopic (exact) mass is 249 g/mol. The van der Waals surface area contributed by atoms with Gasteiger partial charge >= 0.3 is 0 Å². The number of hydrogen-bond acceptors (Lipinski definition) is 3. The molecule has 2 aromatic rings. The lowest BCUT2D eigenvalue weighted by atomic mass is 10.0. The zero-order valence-corrected chi connectivity index (χ0v) is 11.6. The van der Waals surface area contributed by atoms with Crippen molar-refractivity contribution in [3.63, 3.8) is 0 Å². The summed E-state index contributed by atoms with van der Waals surface area (Å²) < 4.78 is 2.08. The topological polar surface area (TPSA) is 29.9 Å². The normalized spacial score (nSPS) is 13.2. The fourth-order valence-corrected chi connectivity index (χ4v) is 2.99. The van der Waals surface area contributed by atoms with Gasteiger partial charge in [-0.25, -0.2) is 0 Å². The van der Waals surface area contributed by atoms with E-state index in [1.165, 1.54) is 16.8 Å². The first-order valence-electron chi connectivity index (χ1n) is 5.88. The number of thiophene rings is 1. The zero-order chi connectivity index (χ0) is 12.4. The Hall–Kier alpha value is -1.13.